The number of urea groups is 1. The van der Waals surface area contributed by atoms with E-state index in [1.165, 1.54) is 12.4 Å². The van der Waals surface area contributed by atoms with Gasteiger partial charge in [-0.05, 0) is 30.3 Å². The number of carbonyl (C=O) groups is 1. The molecule has 3 aromatic rings. The molecular weight excluding hydrogens is 537 g/mol. The Bertz CT molecular complexity index is 1380. The van der Waals surface area contributed by atoms with Crippen molar-refractivity contribution in [1.29, 1.82) is 0 Å². The molecular formula is C25H26ClF3N8O2. The summed E-state index contributed by atoms with van der Waals surface area (Å²) in [5.41, 5.74) is 1.60. The van der Waals surface area contributed by atoms with Crippen molar-refractivity contribution in [2.75, 3.05) is 50.0 Å². The largest absolute Gasteiger partial charge is 0.414 e. The number of ether oxygens (including phenoxy) is 1. The number of benzene rings is 1. The van der Waals surface area contributed by atoms with Gasteiger partial charge in [-0.15, -0.1) is 0 Å². The van der Waals surface area contributed by atoms with Crippen LogP contribution in [0.15, 0.2) is 59.7 Å². The summed E-state index contributed by atoms with van der Waals surface area (Å²) in [5, 5.41) is 8.12. The zero-order chi connectivity index (χ0) is 27.4. The second kappa shape index (κ2) is 11.6. The molecule has 1 atom stereocenters. The number of aromatic nitrogens is 4. The fraction of sp³-hybridized carbons (Fsp3) is 0.360. The number of amides is 2. The van der Waals surface area contributed by atoms with E-state index in [0.717, 1.165) is 44.6 Å². The highest BCUT2D eigenvalue weighted by Crippen LogP contribution is 2.36. The van der Waals surface area contributed by atoms with Crippen LogP contribution >= 0.6 is 11.6 Å². The number of anilines is 2. The lowest BCUT2D eigenvalue weighted by Crippen LogP contribution is -2.39. The van der Waals surface area contributed by atoms with E-state index >= 15 is 0 Å². The van der Waals surface area contributed by atoms with Gasteiger partial charge in [0, 0.05) is 49.0 Å². The Morgan fingerprint density at radius 1 is 1.13 bits per heavy atom. The quantitative estimate of drug-likeness (QED) is 0.398. The third-order valence-electron chi connectivity index (χ3n) is 6.41. The maximum atomic E-state index is 13.1. The predicted octanol–water partition coefficient (Wildman–Crippen LogP) is 4.06. The highest BCUT2D eigenvalue weighted by Gasteiger charge is 2.38. The van der Waals surface area contributed by atoms with Gasteiger partial charge in [-0.2, -0.15) is 13.2 Å². The normalized spacial score (nSPS) is 18.4. The number of nitrogens with zero attached hydrogens (tertiary/aromatic N) is 5. The molecule has 1 aliphatic heterocycles. The number of rotatable bonds is 7. The average Bonchev–Trinajstić information content (AvgIpc) is 3.35. The number of imidazole rings is 1. The van der Waals surface area contributed by atoms with Crippen LogP contribution in [0.5, 0.6) is 0 Å². The first-order valence-corrected chi connectivity index (χ1v) is 12.7. The van der Waals surface area contributed by atoms with Crippen LogP contribution in [-0.2, 0) is 4.74 Å². The van der Waals surface area contributed by atoms with Gasteiger partial charge in [-0.3, -0.25) is 9.47 Å². The first-order chi connectivity index (χ1) is 18.8. The lowest BCUT2D eigenvalue weighted by molar-refractivity contribution is -0.0948. The lowest BCUT2D eigenvalue weighted by Gasteiger charge is -2.26. The molecule has 3 N–H and O–H groups in total. The SMILES string of the molecule is O=C(Nc1ccc(-n2cnc3c(NCCN4CCOCC4)ncnc32)cc1)NC1C=CC(Cl)=C(C(F)(F)F)C1. The smallest absolute Gasteiger partial charge is 0.379 e. The van der Waals surface area contributed by atoms with E-state index in [9.17, 15) is 18.0 Å². The minimum absolute atomic E-state index is 0.371. The molecule has 0 spiro atoms. The van der Waals surface area contributed by atoms with Crippen molar-refractivity contribution in [3.63, 3.8) is 0 Å². The van der Waals surface area contributed by atoms with Crippen LogP contribution in [0.2, 0.25) is 0 Å². The van der Waals surface area contributed by atoms with Crippen LogP contribution in [0, 0.1) is 0 Å². The molecule has 1 aromatic carbocycles. The number of hydrogen-bond acceptors (Lipinski definition) is 7. The molecule has 10 nitrogen and oxygen atoms in total. The maximum absolute atomic E-state index is 13.1. The van der Waals surface area contributed by atoms with Crippen molar-refractivity contribution >= 4 is 40.3 Å². The van der Waals surface area contributed by atoms with Crippen molar-refractivity contribution in [1.82, 2.24) is 29.7 Å². The number of alkyl halides is 3. The molecule has 1 unspecified atom stereocenters. The molecule has 2 amide bonds. The molecule has 2 aromatic heterocycles. The minimum Gasteiger partial charge on any atom is -0.379 e. The molecule has 14 heteroatoms. The fourth-order valence-corrected chi connectivity index (χ4v) is 4.65. The number of morpholine rings is 1. The van der Waals surface area contributed by atoms with Crippen LogP contribution in [0.3, 0.4) is 0 Å². The number of allylic oxidation sites excluding steroid dienone is 2. The van der Waals surface area contributed by atoms with E-state index in [2.05, 4.69) is 35.8 Å². The Morgan fingerprint density at radius 2 is 1.90 bits per heavy atom. The van der Waals surface area contributed by atoms with Gasteiger partial charge in [-0.1, -0.05) is 17.7 Å². The van der Waals surface area contributed by atoms with Crippen LogP contribution in [0.25, 0.3) is 16.9 Å². The summed E-state index contributed by atoms with van der Waals surface area (Å²) in [6.07, 6.45) is 0.703. The van der Waals surface area contributed by atoms with E-state index in [1.807, 2.05) is 0 Å². The first-order valence-electron chi connectivity index (χ1n) is 12.3. The van der Waals surface area contributed by atoms with Gasteiger partial charge in [0.05, 0.1) is 24.8 Å². The third kappa shape index (κ3) is 6.49. The van der Waals surface area contributed by atoms with Crippen molar-refractivity contribution in [3.05, 3.63) is 59.7 Å². The molecule has 2 aliphatic rings. The summed E-state index contributed by atoms with van der Waals surface area (Å²) in [7, 11) is 0. The first kappa shape index (κ1) is 26.9. The molecule has 1 saturated heterocycles. The molecule has 1 aliphatic carbocycles. The summed E-state index contributed by atoms with van der Waals surface area (Å²) in [6.45, 7) is 4.88. The number of halogens is 4. The Labute approximate surface area is 226 Å². The maximum Gasteiger partial charge on any atom is 0.414 e. The molecule has 39 heavy (non-hydrogen) atoms. The summed E-state index contributed by atoms with van der Waals surface area (Å²) in [6, 6.07) is 5.43. The monoisotopic (exact) mass is 562 g/mol. The molecule has 0 saturated carbocycles. The summed E-state index contributed by atoms with van der Waals surface area (Å²) in [5.74, 6) is 0.642. The zero-order valence-corrected chi connectivity index (χ0v) is 21.5. The Hall–Kier alpha value is -3.68. The van der Waals surface area contributed by atoms with Crippen molar-refractivity contribution in [3.8, 4) is 5.69 Å². The standard InChI is InChI=1S/C25H26ClF3N8O2/c26-20-6-3-17(13-19(20)25(27,28)29)35-24(38)34-16-1-4-18(5-2-16)37-15-33-21-22(31-14-32-23(21)37)30-7-8-36-9-11-39-12-10-36/h1-6,14-15,17H,7-13H2,(H,30,31,32)(H2,34,35,38). The average molecular weight is 563 g/mol. The van der Waals surface area contributed by atoms with E-state index in [1.54, 1.807) is 35.2 Å². The molecule has 0 bridgehead atoms. The fourth-order valence-electron chi connectivity index (χ4n) is 4.39. The number of nitrogens with one attached hydrogen (secondary N) is 3. The topological polar surface area (TPSA) is 109 Å². The predicted molar refractivity (Wildman–Crippen MR) is 141 cm³/mol. The van der Waals surface area contributed by atoms with Crippen LogP contribution in [-0.4, -0.2) is 82.1 Å². The number of carbonyl (C=O) groups excluding carboxylic acids is 1. The van der Waals surface area contributed by atoms with Gasteiger partial charge in [-0.25, -0.2) is 19.7 Å². The van der Waals surface area contributed by atoms with Crippen molar-refractivity contribution in [2.24, 2.45) is 0 Å². The van der Waals surface area contributed by atoms with E-state index in [-0.39, 0.29) is 5.03 Å². The van der Waals surface area contributed by atoms with E-state index in [0.29, 0.717) is 29.2 Å². The highest BCUT2D eigenvalue weighted by atomic mass is 35.5. The van der Waals surface area contributed by atoms with Gasteiger partial charge >= 0.3 is 12.2 Å². The van der Waals surface area contributed by atoms with Gasteiger partial charge in [0.25, 0.3) is 0 Å². The lowest BCUT2D eigenvalue weighted by atomic mass is 10.00. The Balaban J connectivity index is 1.19. The van der Waals surface area contributed by atoms with Gasteiger partial charge in [0.2, 0.25) is 0 Å². The van der Waals surface area contributed by atoms with Gasteiger partial charge in [0.15, 0.2) is 17.0 Å². The summed E-state index contributed by atoms with van der Waals surface area (Å²) >= 11 is 5.67. The van der Waals surface area contributed by atoms with Crippen LogP contribution in [0.4, 0.5) is 29.5 Å². The van der Waals surface area contributed by atoms with Crippen molar-refractivity contribution < 1.29 is 22.7 Å². The summed E-state index contributed by atoms with van der Waals surface area (Å²) < 4.78 is 46.5. The molecule has 206 valence electrons. The number of hydrogen-bond donors (Lipinski definition) is 3. The second-order valence-electron chi connectivity index (χ2n) is 9.03. The molecule has 3 heterocycles. The molecule has 0 radical (unpaired) electrons. The van der Waals surface area contributed by atoms with Gasteiger partial charge < -0.3 is 20.7 Å². The summed E-state index contributed by atoms with van der Waals surface area (Å²) in [4.78, 5) is 27.9. The minimum atomic E-state index is -4.56. The van der Waals surface area contributed by atoms with Crippen LogP contribution in [0.1, 0.15) is 6.42 Å². The molecule has 1 fully saturated rings. The Kier molecular flexibility index (Phi) is 8.00. The van der Waals surface area contributed by atoms with Crippen molar-refractivity contribution in [2.45, 2.75) is 18.6 Å². The second-order valence-corrected chi connectivity index (χ2v) is 9.44. The molecule has 5 rings (SSSR count). The van der Waals surface area contributed by atoms with E-state index < -0.39 is 30.2 Å². The van der Waals surface area contributed by atoms with E-state index in [4.69, 9.17) is 16.3 Å². The van der Waals surface area contributed by atoms with Crippen LogP contribution < -0.4 is 16.0 Å². The Morgan fingerprint density at radius 3 is 2.64 bits per heavy atom. The zero-order valence-electron chi connectivity index (χ0n) is 20.7. The third-order valence-corrected chi connectivity index (χ3v) is 6.76. The van der Waals surface area contributed by atoms with Gasteiger partial charge in [0.1, 0.15) is 12.7 Å². The number of fused-ring (bicyclic) bond motifs is 1. The highest BCUT2D eigenvalue weighted by molar-refractivity contribution is 6.31.